The molecule has 42 heavy (non-hydrogen) atoms. The Bertz CT molecular complexity index is 1660. The number of halogens is 1. The third-order valence-electron chi connectivity index (χ3n) is 7.22. The van der Waals surface area contributed by atoms with Gasteiger partial charge in [0.2, 0.25) is 5.91 Å². The number of aromatic nitrogens is 2. The number of rotatable bonds is 8. The molecule has 2 atom stereocenters. The van der Waals surface area contributed by atoms with Gasteiger partial charge in [0.15, 0.2) is 5.11 Å². The topological polar surface area (TPSA) is 97.7 Å². The molecular weight excluding hydrogens is 574 g/mol. The van der Waals surface area contributed by atoms with Gasteiger partial charge in [-0.25, -0.2) is 4.79 Å². The van der Waals surface area contributed by atoms with Crippen molar-refractivity contribution in [3.63, 3.8) is 0 Å². The van der Waals surface area contributed by atoms with Gasteiger partial charge >= 0.3 is 5.97 Å². The Balaban J connectivity index is 1.63. The minimum atomic E-state index is -0.413. The quantitative estimate of drug-likeness (QED) is 0.196. The molecule has 3 heterocycles. The highest BCUT2D eigenvalue weighted by molar-refractivity contribution is 7.80. The number of ether oxygens (including phenoxy) is 2. The molecule has 1 saturated heterocycles. The molecule has 1 amide bonds. The molecule has 2 aromatic carbocycles. The summed E-state index contributed by atoms with van der Waals surface area (Å²) in [7, 11) is 2.83. The molecule has 5 rings (SSSR count). The van der Waals surface area contributed by atoms with E-state index < -0.39 is 5.97 Å². The number of nitrogens with one attached hydrogen (secondary N) is 2. The Morgan fingerprint density at radius 2 is 1.83 bits per heavy atom. The minimum absolute atomic E-state index is 0.0826. The number of aryl methyl sites for hydroxylation is 1. The van der Waals surface area contributed by atoms with Crippen molar-refractivity contribution in [3.8, 4) is 5.69 Å². The first-order valence-electron chi connectivity index (χ1n) is 13.2. The molecule has 1 aliphatic rings. The number of methoxy groups -OCH3 is 2. The van der Waals surface area contributed by atoms with Crippen LogP contribution in [0.2, 0.25) is 5.02 Å². The zero-order valence-corrected chi connectivity index (χ0v) is 25.1. The number of anilines is 2. The van der Waals surface area contributed by atoms with Crippen LogP contribution in [0.3, 0.4) is 0 Å². The van der Waals surface area contributed by atoms with Gasteiger partial charge in [-0.3, -0.25) is 9.78 Å². The van der Waals surface area contributed by atoms with E-state index in [1.54, 1.807) is 24.4 Å². The van der Waals surface area contributed by atoms with Gasteiger partial charge in [-0.2, -0.15) is 0 Å². The number of nitrogens with zero attached hydrogens (tertiary/aromatic N) is 3. The van der Waals surface area contributed by atoms with Gasteiger partial charge in [-0.05, 0) is 80.2 Å². The molecule has 0 radical (unpaired) electrons. The molecule has 1 fully saturated rings. The second-order valence-electron chi connectivity index (χ2n) is 9.81. The molecule has 4 aromatic rings. The van der Waals surface area contributed by atoms with Crippen molar-refractivity contribution in [1.82, 2.24) is 14.9 Å². The average Bonchev–Trinajstić information content (AvgIpc) is 3.48. The largest absolute Gasteiger partial charge is 0.465 e. The lowest BCUT2D eigenvalue weighted by molar-refractivity contribution is -0.119. The van der Waals surface area contributed by atoms with Crippen LogP contribution in [0.5, 0.6) is 0 Å². The van der Waals surface area contributed by atoms with Crippen molar-refractivity contribution in [2.75, 3.05) is 31.0 Å². The van der Waals surface area contributed by atoms with Crippen molar-refractivity contribution >= 4 is 52.2 Å². The van der Waals surface area contributed by atoms with E-state index in [-0.39, 0.29) is 24.6 Å². The summed E-state index contributed by atoms with van der Waals surface area (Å²) in [5, 5.41) is 7.09. The number of carbonyl (C=O) groups excluding carboxylic acids is 2. The van der Waals surface area contributed by atoms with Crippen LogP contribution in [0.1, 0.15) is 45.1 Å². The summed E-state index contributed by atoms with van der Waals surface area (Å²) in [6.07, 6.45) is 1.75. The number of benzene rings is 2. The Labute approximate surface area is 254 Å². The molecule has 2 N–H and O–H groups in total. The molecule has 11 heteroatoms. The van der Waals surface area contributed by atoms with Crippen LogP contribution >= 0.6 is 23.8 Å². The molecule has 2 aromatic heterocycles. The van der Waals surface area contributed by atoms with E-state index in [0.29, 0.717) is 21.4 Å². The number of pyridine rings is 1. The van der Waals surface area contributed by atoms with E-state index >= 15 is 0 Å². The van der Waals surface area contributed by atoms with Gasteiger partial charge < -0.3 is 29.6 Å². The zero-order valence-electron chi connectivity index (χ0n) is 23.6. The highest BCUT2D eigenvalue weighted by Crippen LogP contribution is 2.45. The second-order valence-corrected chi connectivity index (χ2v) is 10.6. The standard InChI is InChI=1S/C31H30ClN5O4S/c1-18-15-22(19(2)36(18)26-11-6-5-9-21(26)30(39)41-4)29-28(25-10-7-8-14-33-25)35-31(42)37(29)20-12-13-24(23(32)16-20)34-27(38)17-40-3/h5-16,28-29H,17H2,1-4H3,(H,34,38)(H,35,42). The lowest BCUT2D eigenvalue weighted by atomic mass is 9.96. The van der Waals surface area contributed by atoms with Crippen molar-refractivity contribution in [1.29, 1.82) is 0 Å². The number of amides is 1. The highest BCUT2D eigenvalue weighted by Gasteiger charge is 2.42. The van der Waals surface area contributed by atoms with Crippen molar-refractivity contribution in [3.05, 3.63) is 106 Å². The normalized spacial score (nSPS) is 16.3. The number of carbonyl (C=O) groups is 2. The van der Waals surface area contributed by atoms with Crippen LogP contribution in [-0.4, -0.2) is 47.4 Å². The molecule has 0 spiro atoms. The van der Waals surface area contributed by atoms with Gasteiger partial charge in [-0.1, -0.05) is 29.8 Å². The maximum atomic E-state index is 12.6. The number of hydrogen-bond acceptors (Lipinski definition) is 6. The van der Waals surface area contributed by atoms with Crippen LogP contribution in [0, 0.1) is 13.8 Å². The number of esters is 1. The molecular formula is C31H30ClN5O4S. The Hall–Kier alpha value is -4.25. The molecule has 1 aliphatic heterocycles. The average molecular weight is 604 g/mol. The third-order valence-corrected chi connectivity index (χ3v) is 7.84. The van der Waals surface area contributed by atoms with E-state index in [1.165, 1.54) is 14.2 Å². The number of para-hydroxylation sites is 1. The monoisotopic (exact) mass is 603 g/mol. The SMILES string of the molecule is COCC(=O)Nc1ccc(N2C(=S)NC(c3ccccn3)C2c2cc(C)n(-c3ccccc3C(=O)OC)c2C)cc1Cl. The molecule has 0 bridgehead atoms. The van der Waals surface area contributed by atoms with Gasteiger partial charge in [0.05, 0.1) is 46.8 Å². The van der Waals surface area contributed by atoms with E-state index in [4.69, 9.17) is 33.3 Å². The van der Waals surface area contributed by atoms with E-state index in [1.807, 2.05) is 61.2 Å². The molecule has 9 nitrogen and oxygen atoms in total. The van der Waals surface area contributed by atoms with Crippen molar-refractivity contribution in [2.24, 2.45) is 0 Å². The Morgan fingerprint density at radius 3 is 2.52 bits per heavy atom. The zero-order chi connectivity index (χ0) is 30.0. The minimum Gasteiger partial charge on any atom is -0.465 e. The molecule has 0 aliphatic carbocycles. The van der Waals surface area contributed by atoms with Crippen LogP contribution in [-0.2, 0) is 14.3 Å². The first-order chi connectivity index (χ1) is 20.2. The first kappa shape index (κ1) is 29.2. The lowest BCUT2D eigenvalue weighted by Gasteiger charge is -2.28. The van der Waals surface area contributed by atoms with Gasteiger partial charge in [0, 0.05) is 30.4 Å². The maximum absolute atomic E-state index is 12.6. The van der Waals surface area contributed by atoms with Crippen LogP contribution in [0.25, 0.3) is 5.69 Å². The third kappa shape index (κ3) is 5.48. The highest BCUT2D eigenvalue weighted by atomic mass is 35.5. The first-order valence-corrected chi connectivity index (χ1v) is 14.0. The van der Waals surface area contributed by atoms with Crippen LogP contribution in [0.4, 0.5) is 11.4 Å². The lowest BCUT2D eigenvalue weighted by Crippen LogP contribution is -2.29. The number of hydrogen-bond donors (Lipinski definition) is 2. The fourth-order valence-electron chi connectivity index (χ4n) is 5.43. The predicted octanol–water partition coefficient (Wildman–Crippen LogP) is 5.69. The summed E-state index contributed by atoms with van der Waals surface area (Å²) < 4.78 is 12.0. The fourth-order valence-corrected chi connectivity index (χ4v) is 6.00. The second kappa shape index (κ2) is 12.3. The Morgan fingerprint density at radius 1 is 1.07 bits per heavy atom. The summed E-state index contributed by atoms with van der Waals surface area (Å²) >= 11 is 12.5. The summed E-state index contributed by atoms with van der Waals surface area (Å²) in [4.78, 5) is 31.4. The van der Waals surface area contributed by atoms with Crippen LogP contribution < -0.4 is 15.5 Å². The van der Waals surface area contributed by atoms with Crippen molar-refractivity contribution < 1.29 is 19.1 Å². The van der Waals surface area contributed by atoms with Gasteiger partial charge in [0.1, 0.15) is 6.61 Å². The molecule has 216 valence electrons. The predicted molar refractivity (Wildman–Crippen MR) is 166 cm³/mol. The molecule has 0 saturated carbocycles. The van der Waals surface area contributed by atoms with Crippen molar-refractivity contribution in [2.45, 2.75) is 25.9 Å². The fraction of sp³-hybridized carbons (Fsp3) is 0.226. The van der Waals surface area contributed by atoms with E-state index in [0.717, 1.165) is 34.0 Å². The van der Waals surface area contributed by atoms with Crippen LogP contribution in [0.15, 0.2) is 72.9 Å². The van der Waals surface area contributed by atoms with E-state index in [2.05, 4.69) is 26.3 Å². The summed E-state index contributed by atoms with van der Waals surface area (Å²) in [5.74, 6) is -0.720. The van der Waals surface area contributed by atoms with E-state index in [9.17, 15) is 9.59 Å². The maximum Gasteiger partial charge on any atom is 0.339 e. The van der Waals surface area contributed by atoms with Gasteiger partial charge in [-0.15, -0.1) is 0 Å². The molecule has 2 unspecified atom stereocenters. The summed E-state index contributed by atoms with van der Waals surface area (Å²) in [5.41, 5.74) is 6.07. The van der Waals surface area contributed by atoms with Gasteiger partial charge in [0.25, 0.3) is 0 Å². The summed E-state index contributed by atoms with van der Waals surface area (Å²) in [6, 6.07) is 20.0. The summed E-state index contributed by atoms with van der Waals surface area (Å²) in [6.45, 7) is 3.94. The number of thiocarbonyl (C=S) groups is 1. The smallest absolute Gasteiger partial charge is 0.339 e. The Kier molecular flexibility index (Phi) is 8.58.